The number of rotatable bonds is 1. The summed E-state index contributed by atoms with van der Waals surface area (Å²) in [5.74, 6) is -2.73. The van der Waals surface area contributed by atoms with E-state index >= 15 is 0 Å². The Labute approximate surface area is 47.3 Å². The van der Waals surface area contributed by atoms with E-state index in [4.69, 9.17) is 5.11 Å². The van der Waals surface area contributed by atoms with E-state index in [1.165, 1.54) is 0 Å². The zero-order chi connectivity index (χ0) is 7.00. The van der Waals surface area contributed by atoms with E-state index in [9.17, 15) is 8.78 Å². The Balaban J connectivity index is 0. The summed E-state index contributed by atoms with van der Waals surface area (Å²) in [4.78, 5) is 0. The van der Waals surface area contributed by atoms with E-state index in [0.29, 0.717) is 0 Å². The van der Waals surface area contributed by atoms with Crippen molar-refractivity contribution in [2.24, 2.45) is 0 Å². The minimum atomic E-state index is -2.73. The largest absolute Gasteiger partial charge is 0.360 e. The Bertz CT molecular complexity index is 69.9. The molecule has 0 fully saturated rings. The van der Waals surface area contributed by atoms with Crippen molar-refractivity contribution in [3.63, 3.8) is 0 Å². The molecule has 0 aliphatic carbocycles. The smallest absolute Gasteiger partial charge is 0.237 e. The van der Waals surface area contributed by atoms with Crippen LogP contribution in [0.4, 0.5) is 8.78 Å². The predicted octanol–water partition coefficient (Wildman–Crippen LogP) is 1.41. The summed E-state index contributed by atoms with van der Waals surface area (Å²) < 4.78 is 24.3. The number of hydrogen-bond acceptors (Lipinski definition) is 1. The summed E-state index contributed by atoms with van der Waals surface area (Å²) in [5.41, 5.74) is -2.17. The van der Waals surface area contributed by atoms with Gasteiger partial charge in [0, 0.05) is 0 Å². The summed E-state index contributed by atoms with van der Waals surface area (Å²) in [7, 11) is 0. The maximum absolute atomic E-state index is 12.3. The Morgan fingerprint density at radius 2 is 1.22 bits per heavy atom. The van der Waals surface area contributed by atoms with Crippen LogP contribution in [0.15, 0.2) is 0 Å². The van der Waals surface area contributed by atoms with Gasteiger partial charge in [-0.1, -0.05) is 0 Å². The van der Waals surface area contributed by atoms with Gasteiger partial charge in [-0.2, -0.15) is 0 Å². The molecule has 0 aromatic heterocycles. The van der Waals surface area contributed by atoms with Crippen LogP contribution >= 0.6 is 0 Å². The Kier molecular flexibility index (Phi) is 2.35. The van der Waals surface area contributed by atoms with Crippen LogP contribution in [-0.2, 0) is 0 Å². The molecule has 1 nitrogen and oxygen atoms in total. The Morgan fingerprint density at radius 1 is 1.11 bits per heavy atom. The molecule has 9 heavy (non-hydrogen) atoms. The van der Waals surface area contributed by atoms with Gasteiger partial charge < -0.3 is 5.11 Å². The van der Waals surface area contributed by atoms with Gasteiger partial charge in [0.25, 0.3) is 0 Å². The van der Waals surface area contributed by atoms with Crippen LogP contribution in [0.2, 0.25) is 0 Å². The molecule has 0 bridgehead atoms. The van der Waals surface area contributed by atoms with Gasteiger partial charge in [0.05, 0.1) is 0 Å². The summed E-state index contributed by atoms with van der Waals surface area (Å²) in [6.45, 7) is 2.74. The molecular weight excluding hydrogens is 381 g/mol. The number of hydrogen-bond donors (Lipinski definition) is 1. The zero-order valence-electron chi connectivity index (χ0n) is 5.91. The minimum Gasteiger partial charge on any atom is -0.360 e. The first-order valence-electron chi connectivity index (χ1n) is 2.35. The normalized spacial score (nSPS) is 18.0. The first-order valence-corrected chi connectivity index (χ1v) is 2.35. The van der Waals surface area contributed by atoms with Crippen LogP contribution in [-0.4, -0.2) is 16.6 Å². The Hall–Kier alpha value is -1.18. The molecule has 0 spiro atoms. The van der Waals surface area contributed by atoms with Crippen molar-refractivity contribution in [1.29, 1.82) is 0 Å². The molecule has 0 amide bonds. The van der Waals surface area contributed by atoms with Crippen molar-refractivity contribution in [2.45, 2.75) is 32.3 Å². The maximum atomic E-state index is 12.3. The van der Waals surface area contributed by atoms with Crippen molar-refractivity contribution in [1.82, 2.24) is 0 Å². The molecule has 52 valence electrons. The average Bonchev–Trinajstić information content (AvgIpc) is 1.25. The molecule has 0 aliphatic heterocycles. The second kappa shape index (κ2) is 1.97. The summed E-state index contributed by atoms with van der Waals surface area (Å²) in [5, 5.41) is 8.31. The molecular formula is C5H10F2ORf. The van der Waals surface area contributed by atoms with E-state index in [1.807, 2.05) is 0 Å². The molecule has 1 atom stereocenters. The van der Waals surface area contributed by atoms with E-state index in [1.54, 1.807) is 0 Å². The van der Waals surface area contributed by atoms with Gasteiger partial charge in [-0.3, -0.25) is 0 Å². The fourth-order valence-corrected chi connectivity index (χ4v) is 0. The van der Waals surface area contributed by atoms with Crippen molar-refractivity contribution >= 4 is 0 Å². The van der Waals surface area contributed by atoms with E-state index in [-0.39, 0.29) is 0 Å². The topological polar surface area (TPSA) is 20.2 Å². The van der Waals surface area contributed by atoms with Crippen LogP contribution in [0.3, 0.4) is 0 Å². The van der Waals surface area contributed by atoms with E-state index < -0.39 is 11.5 Å². The van der Waals surface area contributed by atoms with Crippen molar-refractivity contribution in [3.8, 4) is 0 Å². The first-order chi connectivity index (χ1) is 3.25. The zero-order valence-corrected chi connectivity index (χ0v) is 12.3. The second-order valence-electron chi connectivity index (χ2n) is 2.43. The van der Waals surface area contributed by atoms with Crippen LogP contribution in [0.1, 0.15) is 20.8 Å². The maximum Gasteiger partial charge on any atom is 0.237 e. The molecule has 1 N–H and O–H groups in total. The van der Waals surface area contributed by atoms with Crippen molar-refractivity contribution < 1.29 is 13.9 Å². The standard InChI is InChI=1S/C5H10F2O.Rf/c1-4(2,6)5(3,7)8;/h8H,1-3H3;. The van der Waals surface area contributed by atoms with Crippen LogP contribution in [0.25, 0.3) is 0 Å². The molecule has 0 rings (SSSR count). The third-order valence-electron chi connectivity index (χ3n) is 1.09. The molecule has 0 radical (unpaired) electrons. The van der Waals surface area contributed by atoms with Gasteiger partial charge in [0.15, 0.2) is 5.67 Å². The third-order valence-corrected chi connectivity index (χ3v) is 1.09. The number of aliphatic hydroxyl groups is 1. The van der Waals surface area contributed by atoms with Crippen LogP contribution < -0.4 is 0 Å². The fraction of sp³-hybridized carbons (Fsp3) is 1.00. The monoisotopic (exact) mass is 391 g/mol. The van der Waals surface area contributed by atoms with Crippen molar-refractivity contribution in [3.05, 3.63) is 0 Å². The minimum absolute atomic E-state index is 0. The van der Waals surface area contributed by atoms with Gasteiger partial charge in [0.1, 0.15) is 0 Å². The molecule has 0 aromatic rings. The molecule has 0 aliphatic rings. The summed E-state index contributed by atoms with van der Waals surface area (Å²) in [6.07, 6.45) is 0. The van der Waals surface area contributed by atoms with E-state index in [0.717, 1.165) is 20.8 Å². The molecule has 1 unspecified atom stereocenters. The van der Waals surface area contributed by atoms with Gasteiger partial charge in [0.2, 0.25) is 5.85 Å². The van der Waals surface area contributed by atoms with Crippen molar-refractivity contribution in [2.75, 3.05) is 0 Å². The Morgan fingerprint density at radius 3 is 1.22 bits per heavy atom. The molecule has 0 saturated carbocycles. The molecule has 0 heterocycles. The quantitative estimate of drug-likeness (QED) is 0.717. The van der Waals surface area contributed by atoms with E-state index in [2.05, 4.69) is 0 Å². The summed E-state index contributed by atoms with van der Waals surface area (Å²) in [6, 6.07) is 0. The van der Waals surface area contributed by atoms with Gasteiger partial charge >= 0.3 is 0 Å². The van der Waals surface area contributed by atoms with Gasteiger partial charge in [-0.25, -0.2) is 8.78 Å². The average molecular weight is 391 g/mol. The third kappa shape index (κ3) is 2.59. The predicted molar refractivity (Wildman–Crippen MR) is 26.9 cm³/mol. The van der Waals surface area contributed by atoms with Crippen LogP contribution in [0, 0.1) is 0 Å². The number of alkyl halides is 2. The molecule has 0 saturated heterocycles. The number of halogens is 2. The van der Waals surface area contributed by atoms with Gasteiger partial charge in [-0.05, 0) is 20.8 Å². The second-order valence-corrected chi connectivity index (χ2v) is 2.43. The first kappa shape index (κ1) is 10.7. The molecule has 4 heteroatoms. The SMILES string of the molecule is CC(C)(F)C(C)(O)F.[Rf]. The van der Waals surface area contributed by atoms with Crippen LogP contribution in [0.5, 0.6) is 0 Å². The molecule has 0 aromatic carbocycles. The summed E-state index contributed by atoms with van der Waals surface area (Å²) >= 11 is 0. The fourth-order valence-electron chi connectivity index (χ4n) is 0. The van der Waals surface area contributed by atoms with Gasteiger partial charge in [-0.15, -0.1) is 0 Å².